The Labute approximate surface area is 214 Å². The van der Waals surface area contributed by atoms with Crippen LogP contribution in [0.2, 0.25) is 0 Å². The lowest BCUT2D eigenvalue weighted by Gasteiger charge is -2.50. The molecule has 2 aromatic rings. The van der Waals surface area contributed by atoms with Gasteiger partial charge in [-0.15, -0.1) is 0 Å². The molecule has 2 saturated carbocycles. The van der Waals surface area contributed by atoms with Gasteiger partial charge < -0.3 is 20.5 Å². The van der Waals surface area contributed by atoms with E-state index in [1.165, 1.54) is 19.3 Å². The van der Waals surface area contributed by atoms with Gasteiger partial charge >= 0.3 is 0 Å². The molecule has 1 aromatic heterocycles. The quantitative estimate of drug-likeness (QED) is 0.369. The fourth-order valence-corrected chi connectivity index (χ4v) is 7.33. The molecule has 1 aromatic carbocycles. The average Bonchev–Trinajstić information content (AvgIpc) is 3.52. The molecule has 3 fully saturated rings. The van der Waals surface area contributed by atoms with Crippen molar-refractivity contribution in [1.29, 1.82) is 0 Å². The Kier molecular flexibility index (Phi) is 5.76. The Morgan fingerprint density at radius 3 is 2.75 bits per heavy atom. The maximum Gasteiger partial charge on any atom is 0.245 e. The Hall–Kier alpha value is -3.16. The fourth-order valence-electron chi connectivity index (χ4n) is 7.33. The third-order valence-electron chi connectivity index (χ3n) is 9.52. The number of aromatic nitrogens is 2. The number of benzene rings is 1. The van der Waals surface area contributed by atoms with Gasteiger partial charge in [-0.2, -0.15) is 5.10 Å². The van der Waals surface area contributed by atoms with Gasteiger partial charge in [0.15, 0.2) is 0 Å². The molecule has 2 bridgehead atoms. The first kappa shape index (κ1) is 24.5. The summed E-state index contributed by atoms with van der Waals surface area (Å²) >= 11 is 0. The number of nitrogens with one attached hydrogen (secondary N) is 1. The summed E-state index contributed by atoms with van der Waals surface area (Å²) in [4.78, 5) is 22.5. The minimum absolute atomic E-state index is 0. The zero-order valence-electron chi connectivity index (χ0n) is 22.2. The predicted octanol–water partition coefficient (Wildman–Crippen LogP) is 4.28. The van der Waals surface area contributed by atoms with Crippen molar-refractivity contribution < 1.29 is 11.0 Å². The number of nitrogens with two attached hydrogens (primary N) is 1. The molecule has 1 saturated heterocycles. The minimum Gasteiger partial charge on any atom is -0.495 e. The van der Waals surface area contributed by atoms with Crippen LogP contribution in [0.1, 0.15) is 66.1 Å². The van der Waals surface area contributed by atoms with Crippen LogP contribution in [0.25, 0.3) is 5.69 Å². The molecule has 1 spiro atoms. The molecule has 1 aliphatic heterocycles. The maximum atomic E-state index is 13.4. The van der Waals surface area contributed by atoms with Crippen LogP contribution in [-0.4, -0.2) is 46.6 Å². The van der Waals surface area contributed by atoms with Crippen molar-refractivity contribution in [3.05, 3.63) is 42.0 Å². The molecule has 8 heteroatoms. The van der Waals surface area contributed by atoms with Crippen molar-refractivity contribution in [2.45, 2.75) is 72.4 Å². The van der Waals surface area contributed by atoms with Crippen LogP contribution in [0.3, 0.4) is 0 Å². The maximum absolute atomic E-state index is 13.4. The van der Waals surface area contributed by atoms with Gasteiger partial charge in [-0.25, -0.2) is 4.98 Å². The van der Waals surface area contributed by atoms with E-state index in [0.717, 1.165) is 16.9 Å². The fraction of sp³-hybridized carbons (Fsp3) is 0.571. The van der Waals surface area contributed by atoms with Gasteiger partial charge in [0.25, 0.3) is 0 Å². The number of carbonyl (C=O) groups is 1. The lowest BCUT2D eigenvalue weighted by molar-refractivity contribution is -0.124. The first-order valence-corrected chi connectivity index (χ1v) is 12.8. The second-order valence-electron chi connectivity index (χ2n) is 12.1. The topological polar surface area (TPSA) is 107 Å². The molecule has 5 rings (SSSR count). The molecule has 4 atom stereocenters. The van der Waals surface area contributed by atoms with Crippen molar-refractivity contribution in [2.24, 2.45) is 38.1 Å². The minimum atomic E-state index is -0.485. The Balaban J connectivity index is 0.00000320. The van der Waals surface area contributed by atoms with E-state index in [9.17, 15) is 4.79 Å². The lowest BCUT2D eigenvalue weighted by atomic mass is 9.56. The molecule has 8 nitrogen and oxygen atoms in total. The molecule has 1 amide bonds. The van der Waals surface area contributed by atoms with Gasteiger partial charge in [-0.3, -0.25) is 9.79 Å². The van der Waals surface area contributed by atoms with E-state index in [0.29, 0.717) is 23.8 Å². The second-order valence-corrected chi connectivity index (χ2v) is 12.1. The van der Waals surface area contributed by atoms with Crippen LogP contribution in [0.5, 0.6) is 5.75 Å². The number of fused-ring (bicyclic) bond motifs is 1. The first-order valence-electron chi connectivity index (χ1n) is 12.8. The summed E-state index contributed by atoms with van der Waals surface area (Å²) < 4.78 is 7.55. The van der Waals surface area contributed by atoms with Gasteiger partial charge in [0.1, 0.15) is 17.5 Å². The van der Waals surface area contributed by atoms with Gasteiger partial charge in [-0.05, 0) is 66.9 Å². The summed E-state index contributed by atoms with van der Waals surface area (Å²) in [6.45, 7) is 11.2. The molecule has 3 N–H and O–H groups in total. The van der Waals surface area contributed by atoms with Gasteiger partial charge in [0.05, 0.1) is 31.0 Å². The van der Waals surface area contributed by atoms with Crippen LogP contribution in [0.15, 0.2) is 40.8 Å². The largest absolute Gasteiger partial charge is 0.495 e. The monoisotopic (exact) mass is 492 g/mol. The van der Waals surface area contributed by atoms with Crippen molar-refractivity contribution in [3.8, 4) is 11.4 Å². The number of hydrogen-bond donors (Lipinski definition) is 2. The van der Waals surface area contributed by atoms with Gasteiger partial charge in [0, 0.05) is 19.2 Å². The van der Waals surface area contributed by atoms with E-state index < -0.39 is 6.04 Å². The highest BCUT2D eigenvalue weighted by Crippen LogP contribution is 2.70. The molecule has 0 radical (unpaired) electrons. The zero-order chi connectivity index (χ0) is 25.9. The smallest absolute Gasteiger partial charge is 0.245 e. The molecular formula is C28H40N6O2. The number of carbonyl (C=O) groups excluding carboxylic acids is 1. The molecule has 4 unspecified atom stereocenters. The SMILES string of the molecule is COc1cc(/C(C=NC2CC(C)(C)C34CCC(C3)C(C)(C)C4NC2=O)=N/N)ccc1-n1cnc(C)c1.[HH]. The number of methoxy groups -OCH3 is 1. The number of rotatable bonds is 5. The number of ether oxygens (including phenoxy) is 1. The van der Waals surface area contributed by atoms with E-state index in [1.54, 1.807) is 19.7 Å². The first-order chi connectivity index (χ1) is 17.0. The number of nitrogens with zero attached hydrogens (tertiary/aromatic N) is 4. The second kappa shape index (κ2) is 8.46. The van der Waals surface area contributed by atoms with E-state index in [2.05, 4.69) is 43.1 Å². The summed E-state index contributed by atoms with van der Waals surface area (Å²) in [5, 5.41) is 7.42. The molecule has 194 valence electrons. The number of hydrazone groups is 1. The van der Waals surface area contributed by atoms with Crippen molar-refractivity contribution in [3.63, 3.8) is 0 Å². The van der Waals surface area contributed by atoms with E-state index >= 15 is 0 Å². The molecular weight excluding hydrogens is 452 g/mol. The Bertz CT molecular complexity index is 1250. The molecule has 3 aliphatic rings. The lowest BCUT2D eigenvalue weighted by Crippen LogP contribution is -2.56. The third-order valence-corrected chi connectivity index (χ3v) is 9.52. The van der Waals surface area contributed by atoms with Crippen molar-refractivity contribution in [1.82, 2.24) is 14.9 Å². The van der Waals surface area contributed by atoms with Crippen LogP contribution in [0.4, 0.5) is 0 Å². The summed E-state index contributed by atoms with van der Waals surface area (Å²) in [5.74, 6) is 7.12. The number of amides is 1. The standard InChI is InChI=1S/C28H38N6O2.H2/c1-17-15-34(16-31-17)22-8-7-18(11-23(22)36-6)21(33-29)14-30-20-13-26(2,3)28-10-9-19(12-28)27(4,5)25(28)32-24(20)35;/h7-8,11,14-16,19-20,25H,9-10,12-13,29H2,1-6H3,(H,32,35);1H/b30-14?,33-21+;. The van der Waals surface area contributed by atoms with E-state index in [4.69, 9.17) is 15.6 Å². The van der Waals surface area contributed by atoms with Crippen LogP contribution in [0, 0.1) is 29.1 Å². The van der Waals surface area contributed by atoms with Crippen molar-refractivity contribution >= 4 is 17.8 Å². The van der Waals surface area contributed by atoms with Crippen LogP contribution >= 0.6 is 0 Å². The normalized spacial score (nSPS) is 30.8. The Morgan fingerprint density at radius 1 is 1.31 bits per heavy atom. The summed E-state index contributed by atoms with van der Waals surface area (Å²) in [5.41, 5.74) is 3.25. The van der Waals surface area contributed by atoms with Gasteiger partial charge in [0.2, 0.25) is 5.91 Å². The summed E-state index contributed by atoms with van der Waals surface area (Å²) in [6.07, 6.45) is 9.64. The predicted molar refractivity (Wildman–Crippen MR) is 144 cm³/mol. The Morgan fingerprint density at radius 2 is 2.08 bits per heavy atom. The third kappa shape index (κ3) is 3.64. The number of aliphatic imine (C=N–C) groups is 1. The summed E-state index contributed by atoms with van der Waals surface area (Å²) in [6, 6.07) is 5.44. The highest BCUT2D eigenvalue weighted by molar-refractivity contribution is 6.38. The van der Waals surface area contributed by atoms with E-state index in [1.807, 2.05) is 35.9 Å². The van der Waals surface area contributed by atoms with Crippen molar-refractivity contribution in [2.75, 3.05) is 7.11 Å². The van der Waals surface area contributed by atoms with E-state index in [-0.39, 0.29) is 29.6 Å². The van der Waals surface area contributed by atoms with Crippen LogP contribution < -0.4 is 15.9 Å². The number of aryl methyl sites for hydroxylation is 1. The average molecular weight is 493 g/mol. The number of imidazole rings is 1. The highest BCUT2D eigenvalue weighted by atomic mass is 16.5. The van der Waals surface area contributed by atoms with Gasteiger partial charge in [-0.1, -0.05) is 33.8 Å². The highest BCUT2D eigenvalue weighted by Gasteiger charge is 2.68. The molecule has 2 aliphatic carbocycles. The summed E-state index contributed by atoms with van der Waals surface area (Å²) in [7, 11) is 1.63. The molecule has 36 heavy (non-hydrogen) atoms. The molecule has 2 heterocycles. The van der Waals surface area contributed by atoms with Crippen LogP contribution in [-0.2, 0) is 4.79 Å². The number of hydrogen-bond acceptors (Lipinski definition) is 6. The zero-order valence-corrected chi connectivity index (χ0v) is 22.2.